The van der Waals surface area contributed by atoms with E-state index >= 15 is 0 Å². The van der Waals surface area contributed by atoms with Crippen LogP contribution in [0.4, 0.5) is 0 Å². The van der Waals surface area contributed by atoms with Gasteiger partial charge in [0.15, 0.2) is 0 Å². The first-order valence-electron chi connectivity index (χ1n) is 5.30. The fourth-order valence-electron chi connectivity index (χ4n) is 1.52. The van der Waals surface area contributed by atoms with Crippen molar-refractivity contribution in [3.8, 4) is 0 Å². The van der Waals surface area contributed by atoms with Crippen LogP contribution in [0.1, 0.15) is 23.1 Å². The summed E-state index contributed by atoms with van der Waals surface area (Å²) < 4.78 is 4.58. The summed E-state index contributed by atoms with van der Waals surface area (Å²) in [5, 5.41) is -0.199. The smallest absolute Gasteiger partial charge is 0.307 e. The second-order valence-electron chi connectivity index (χ2n) is 4.00. The third-order valence-electron chi connectivity index (χ3n) is 2.64. The van der Waals surface area contributed by atoms with E-state index in [-0.39, 0.29) is 17.8 Å². The number of carbonyl (C=O) groups is 1. The number of esters is 1. The normalized spacial score (nSPS) is 12.2. The van der Waals surface area contributed by atoms with Gasteiger partial charge in [-0.25, -0.2) is 0 Å². The molecule has 0 aliphatic rings. The highest BCUT2D eigenvalue weighted by atomic mass is 35.5. The molecule has 0 saturated heterocycles. The molecule has 0 radical (unpaired) electrons. The number of ether oxygens (including phenoxy) is 1. The van der Waals surface area contributed by atoms with Crippen LogP contribution in [0.25, 0.3) is 0 Å². The number of halogens is 1. The van der Waals surface area contributed by atoms with E-state index in [1.165, 1.54) is 18.2 Å². The lowest BCUT2D eigenvalue weighted by molar-refractivity contribution is -0.140. The van der Waals surface area contributed by atoms with Gasteiger partial charge in [-0.05, 0) is 37.0 Å². The van der Waals surface area contributed by atoms with Crippen LogP contribution in [0.2, 0.25) is 0 Å². The summed E-state index contributed by atoms with van der Waals surface area (Å²) in [5.74, 6) is -0.260. The summed E-state index contributed by atoms with van der Waals surface area (Å²) in [7, 11) is 1.38. The lowest BCUT2D eigenvalue weighted by atomic mass is 10.0. The standard InChI is InChI=1S/C13H17ClO2/c1-9-4-5-11(6-10(9)2)7-12(14)8-13(15)16-3/h4-6,12H,7-8H2,1-3H3. The van der Waals surface area contributed by atoms with Gasteiger partial charge in [0.05, 0.1) is 13.5 Å². The second kappa shape index (κ2) is 5.90. The van der Waals surface area contributed by atoms with Gasteiger partial charge < -0.3 is 4.74 Å². The third kappa shape index (κ3) is 3.86. The van der Waals surface area contributed by atoms with E-state index < -0.39 is 0 Å². The summed E-state index contributed by atoms with van der Waals surface area (Å²) in [5.41, 5.74) is 3.68. The number of benzene rings is 1. The van der Waals surface area contributed by atoms with Crippen LogP contribution in [0.15, 0.2) is 18.2 Å². The minimum Gasteiger partial charge on any atom is -0.469 e. The highest BCUT2D eigenvalue weighted by molar-refractivity contribution is 6.21. The Labute approximate surface area is 102 Å². The molecular formula is C13H17ClO2. The zero-order chi connectivity index (χ0) is 12.1. The molecule has 0 aliphatic heterocycles. The van der Waals surface area contributed by atoms with Crippen LogP contribution in [-0.4, -0.2) is 18.5 Å². The van der Waals surface area contributed by atoms with Gasteiger partial charge in [-0.15, -0.1) is 11.6 Å². The molecule has 1 rings (SSSR count). The maximum Gasteiger partial charge on any atom is 0.307 e. The van der Waals surface area contributed by atoms with Gasteiger partial charge in [-0.3, -0.25) is 4.79 Å². The first-order valence-corrected chi connectivity index (χ1v) is 5.73. The van der Waals surface area contributed by atoms with Gasteiger partial charge in [0, 0.05) is 5.38 Å². The van der Waals surface area contributed by atoms with Gasteiger partial charge in [0.2, 0.25) is 0 Å². The van der Waals surface area contributed by atoms with E-state index in [2.05, 4.69) is 36.8 Å². The van der Waals surface area contributed by atoms with E-state index in [0.717, 1.165) is 5.56 Å². The summed E-state index contributed by atoms with van der Waals surface area (Å²) >= 11 is 6.08. The molecule has 0 aliphatic carbocycles. The molecule has 3 heteroatoms. The van der Waals surface area contributed by atoms with Crippen LogP contribution in [-0.2, 0) is 16.0 Å². The molecule has 0 aromatic heterocycles. The Hall–Kier alpha value is -1.02. The van der Waals surface area contributed by atoms with E-state index in [1.54, 1.807) is 0 Å². The maximum atomic E-state index is 11.0. The highest BCUT2D eigenvalue weighted by Gasteiger charge is 2.12. The topological polar surface area (TPSA) is 26.3 Å². The minimum absolute atomic E-state index is 0.199. The molecule has 2 nitrogen and oxygen atoms in total. The van der Waals surface area contributed by atoms with Gasteiger partial charge in [0.25, 0.3) is 0 Å². The van der Waals surface area contributed by atoms with Crippen molar-refractivity contribution in [1.29, 1.82) is 0 Å². The molecule has 0 heterocycles. The number of methoxy groups -OCH3 is 1. The van der Waals surface area contributed by atoms with Crippen molar-refractivity contribution in [3.05, 3.63) is 34.9 Å². The molecule has 1 unspecified atom stereocenters. The summed E-state index contributed by atoms with van der Waals surface area (Å²) in [6.07, 6.45) is 0.947. The Balaban J connectivity index is 2.59. The molecule has 1 aromatic carbocycles. The van der Waals surface area contributed by atoms with Crippen LogP contribution in [0.3, 0.4) is 0 Å². The summed E-state index contributed by atoms with van der Waals surface area (Å²) in [4.78, 5) is 11.0. The SMILES string of the molecule is COC(=O)CC(Cl)Cc1ccc(C)c(C)c1. The molecule has 1 aromatic rings. The number of alkyl halides is 1. The molecule has 1 atom stereocenters. The Morgan fingerprint density at radius 2 is 2.06 bits per heavy atom. The van der Waals surface area contributed by atoms with Crippen molar-refractivity contribution in [1.82, 2.24) is 0 Å². The number of carbonyl (C=O) groups excluding carboxylic acids is 1. The van der Waals surface area contributed by atoms with Crippen LogP contribution in [0, 0.1) is 13.8 Å². The van der Waals surface area contributed by atoms with E-state index in [4.69, 9.17) is 11.6 Å². The van der Waals surface area contributed by atoms with Crippen molar-refractivity contribution in [2.24, 2.45) is 0 Å². The van der Waals surface area contributed by atoms with Crippen molar-refractivity contribution < 1.29 is 9.53 Å². The highest BCUT2D eigenvalue weighted by Crippen LogP contribution is 2.15. The zero-order valence-electron chi connectivity index (χ0n) is 9.92. The van der Waals surface area contributed by atoms with Crippen LogP contribution in [0.5, 0.6) is 0 Å². The Bertz CT molecular complexity index is 374. The van der Waals surface area contributed by atoms with Crippen LogP contribution < -0.4 is 0 Å². The third-order valence-corrected chi connectivity index (χ3v) is 2.95. The van der Waals surface area contributed by atoms with Crippen molar-refractivity contribution >= 4 is 17.6 Å². The lowest BCUT2D eigenvalue weighted by Gasteiger charge is -2.09. The number of rotatable bonds is 4. The Morgan fingerprint density at radius 3 is 2.62 bits per heavy atom. The lowest BCUT2D eigenvalue weighted by Crippen LogP contribution is -2.12. The van der Waals surface area contributed by atoms with E-state index in [0.29, 0.717) is 6.42 Å². The predicted molar refractivity (Wildman–Crippen MR) is 65.9 cm³/mol. The Kier molecular flexibility index (Phi) is 4.81. The van der Waals surface area contributed by atoms with Crippen molar-refractivity contribution in [3.63, 3.8) is 0 Å². The average molecular weight is 241 g/mol. The minimum atomic E-state index is -0.260. The summed E-state index contributed by atoms with van der Waals surface area (Å²) in [6, 6.07) is 6.24. The molecule has 0 bridgehead atoms. The average Bonchev–Trinajstić information content (AvgIpc) is 2.23. The number of aryl methyl sites for hydroxylation is 2. The van der Waals surface area contributed by atoms with Gasteiger partial charge in [0.1, 0.15) is 0 Å². The van der Waals surface area contributed by atoms with Crippen molar-refractivity contribution in [2.45, 2.75) is 32.1 Å². The molecule has 0 fully saturated rings. The van der Waals surface area contributed by atoms with Gasteiger partial charge in [-0.2, -0.15) is 0 Å². The predicted octanol–water partition coefficient (Wildman–Crippen LogP) is 3.02. The molecule has 0 N–H and O–H groups in total. The second-order valence-corrected chi connectivity index (χ2v) is 4.62. The van der Waals surface area contributed by atoms with Crippen LogP contribution >= 0.6 is 11.6 Å². The maximum absolute atomic E-state index is 11.0. The molecule has 0 spiro atoms. The zero-order valence-corrected chi connectivity index (χ0v) is 10.7. The molecule has 0 amide bonds. The van der Waals surface area contributed by atoms with Gasteiger partial charge >= 0.3 is 5.97 Å². The molecule has 88 valence electrons. The first kappa shape index (κ1) is 13.0. The quantitative estimate of drug-likeness (QED) is 0.597. The molecule has 16 heavy (non-hydrogen) atoms. The largest absolute Gasteiger partial charge is 0.469 e. The fraction of sp³-hybridized carbons (Fsp3) is 0.462. The fourth-order valence-corrected chi connectivity index (χ4v) is 1.83. The molecular weight excluding hydrogens is 224 g/mol. The number of hydrogen-bond donors (Lipinski definition) is 0. The summed E-state index contributed by atoms with van der Waals surface area (Å²) in [6.45, 7) is 4.15. The molecule has 0 saturated carbocycles. The van der Waals surface area contributed by atoms with Gasteiger partial charge in [-0.1, -0.05) is 18.2 Å². The Morgan fingerprint density at radius 1 is 1.38 bits per heavy atom. The van der Waals surface area contributed by atoms with Crippen molar-refractivity contribution in [2.75, 3.05) is 7.11 Å². The number of hydrogen-bond acceptors (Lipinski definition) is 2. The monoisotopic (exact) mass is 240 g/mol. The van der Waals surface area contributed by atoms with E-state index in [1.807, 2.05) is 0 Å². The van der Waals surface area contributed by atoms with E-state index in [9.17, 15) is 4.79 Å². The first-order chi connectivity index (χ1) is 7.52.